The van der Waals surface area contributed by atoms with E-state index in [1.54, 1.807) is 0 Å². The predicted molar refractivity (Wildman–Crippen MR) is 89.8 cm³/mol. The highest BCUT2D eigenvalue weighted by Gasteiger charge is 2.15. The Balaban J connectivity index is 2.27. The van der Waals surface area contributed by atoms with Crippen LogP contribution in [0.5, 0.6) is 0 Å². The zero-order valence-electron chi connectivity index (χ0n) is 11.8. The monoisotopic (exact) mass is 280 g/mol. The van der Waals surface area contributed by atoms with Gasteiger partial charge in [0.2, 0.25) is 11.4 Å². The molecule has 0 saturated carbocycles. The minimum atomic E-state index is 0.419. The molecule has 0 aliphatic carbocycles. The van der Waals surface area contributed by atoms with Crippen LogP contribution in [0.1, 0.15) is 0 Å². The molecular weight excluding hydrogens is 268 g/mol. The Bertz CT molecular complexity index is 806. The lowest BCUT2D eigenvalue weighted by atomic mass is 9.96. The van der Waals surface area contributed by atoms with E-state index in [-0.39, 0.29) is 0 Å². The van der Waals surface area contributed by atoms with E-state index in [1.165, 1.54) is 0 Å². The second-order valence-electron chi connectivity index (χ2n) is 4.81. The minimum absolute atomic E-state index is 0.419. The maximum Gasteiger partial charge on any atom is 0.202 e. The van der Waals surface area contributed by atoms with Crippen LogP contribution in [0.4, 0.5) is 11.4 Å². The topological polar surface area (TPSA) is 8.72 Å². The Labute approximate surface area is 129 Å². The molecule has 102 valence electrons. The van der Waals surface area contributed by atoms with Gasteiger partial charge in [-0.25, -0.2) is 9.69 Å². The zero-order valence-corrected chi connectivity index (χ0v) is 11.8. The Morgan fingerprint density at radius 1 is 0.500 bits per heavy atom. The van der Waals surface area contributed by atoms with E-state index in [1.807, 2.05) is 72.8 Å². The van der Waals surface area contributed by atoms with Crippen molar-refractivity contribution in [2.75, 3.05) is 0 Å². The molecule has 0 aliphatic heterocycles. The van der Waals surface area contributed by atoms with Crippen LogP contribution >= 0.6 is 0 Å². The lowest BCUT2D eigenvalue weighted by Gasteiger charge is -2.11. The van der Waals surface area contributed by atoms with Gasteiger partial charge in [0.1, 0.15) is 0 Å². The SMILES string of the molecule is [C-]#[N+]c1c(-c2ccccc2)ccc(-c2ccccc2)c1[N+]#[C-]. The van der Waals surface area contributed by atoms with Crippen LogP contribution in [-0.2, 0) is 0 Å². The molecule has 0 amide bonds. The van der Waals surface area contributed by atoms with Crippen molar-refractivity contribution in [2.24, 2.45) is 0 Å². The largest absolute Gasteiger partial charge is 0.249 e. The van der Waals surface area contributed by atoms with Gasteiger partial charge in [0.05, 0.1) is 13.1 Å². The normalized spacial score (nSPS) is 9.73. The maximum atomic E-state index is 7.52. The summed E-state index contributed by atoms with van der Waals surface area (Å²) >= 11 is 0. The summed E-state index contributed by atoms with van der Waals surface area (Å²) in [4.78, 5) is 7.28. The van der Waals surface area contributed by atoms with Gasteiger partial charge < -0.3 is 0 Å². The van der Waals surface area contributed by atoms with Crippen molar-refractivity contribution >= 4 is 11.4 Å². The number of hydrogen-bond acceptors (Lipinski definition) is 0. The number of nitrogens with zero attached hydrogens (tertiary/aromatic N) is 2. The standard InChI is InChI=1S/C20H12N2/c1-21-19-17(15-9-5-3-6-10-15)13-14-18(20(19)22-2)16-11-7-4-8-12-16/h3-14H. The highest BCUT2D eigenvalue weighted by atomic mass is 14.8. The van der Waals surface area contributed by atoms with Crippen LogP contribution in [-0.4, -0.2) is 0 Å². The fourth-order valence-corrected chi connectivity index (χ4v) is 2.51. The third-order valence-electron chi connectivity index (χ3n) is 3.54. The van der Waals surface area contributed by atoms with Crippen LogP contribution in [0.15, 0.2) is 72.8 Å². The number of hydrogen-bond donors (Lipinski definition) is 0. The molecule has 2 heteroatoms. The first-order valence-corrected chi connectivity index (χ1v) is 6.88. The van der Waals surface area contributed by atoms with Crippen LogP contribution in [0.25, 0.3) is 31.9 Å². The quantitative estimate of drug-likeness (QED) is 0.500. The van der Waals surface area contributed by atoms with E-state index in [2.05, 4.69) is 9.69 Å². The second-order valence-corrected chi connectivity index (χ2v) is 4.81. The Hall–Kier alpha value is -3.36. The van der Waals surface area contributed by atoms with Crippen molar-refractivity contribution in [3.05, 3.63) is 95.6 Å². The zero-order chi connectivity index (χ0) is 15.4. The number of rotatable bonds is 2. The van der Waals surface area contributed by atoms with Gasteiger partial charge in [-0.3, -0.25) is 0 Å². The van der Waals surface area contributed by atoms with Gasteiger partial charge in [0, 0.05) is 0 Å². The Morgan fingerprint density at radius 2 is 0.864 bits per heavy atom. The van der Waals surface area contributed by atoms with Crippen LogP contribution in [0, 0.1) is 13.1 Å². The van der Waals surface area contributed by atoms with Crippen molar-refractivity contribution in [1.82, 2.24) is 0 Å². The third-order valence-corrected chi connectivity index (χ3v) is 3.54. The molecule has 0 fully saturated rings. The summed E-state index contributed by atoms with van der Waals surface area (Å²) in [6.07, 6.45) is 0. The summed E-state index contributed by atoms with van der Waals surface area (Å²) < 4.78 is 0. The molecular formula is C20H12N2. The van der Waals surface area contributed by atoms with Gasteiger partial charge in [-0.2, -0.15) is 0 Å². The van der Waals surface area contributed by atoms with Crippen molar-refractivity contribution in [1.29, 1.82) is 0 Å². The Kier molecular flexibility index (Phi) is 3.69. The molecule has 0 N–H and O–H groups in total. The molecule has 0 heterocycles. The van der Waals surface area contributed by atoms with Crippen LogP contribution in [0.3, 0.4) is 0 Å². The molecule has 22 heavy (non-hydrogen) atoms. The fraction of sp³-hybridized carbons (Fsp3) is 0. The van der Waals surface area contributed by atoms with Gasteiger partial charge in [0.15, 0.2) is 0 Å². The van der Waals surface area contributed by atoms with E-state index in [0.29, 0.717) is 11.4 Å². The van der Waals surface area contributed by atoms with Gasteiger partial charge >= 0.3 is 0 Å². The van der Waals surface area contributed by atoms with E-state index in [9.17, 15) is 0 Å². The minimum Gasteiger partial charge on any atom is -0.249 e. The van der Waals surface area contributed by atoms with Crippen LogP contribution < -0.4 is 0 Å². The van der Waals surface area contributed by atoms with Gasteiger partial charge in [-0.1, -0.05) is 72.8 Å². The van der Waals surface area contributed by atoms with E-state index < -0.39 is 0 Å². The molecule has 0 unspecified atom stereocenters. The summed E-state index contributed by atoms with van der Waals surface area (Å²) in [7, 11) is 0. The molecule has 3 aromatic carbocycles. The van der Waals surface area contributed by atoms with Crippen LogP contribution in [0.2, 0.25) is 0 Å². The molecule has 0 aliphatic rings. The number of benzene rings is 3. The van der Waals surface area contributed by atoms with Gasteiger partial charge in [-0.15, -0.1) is 0 Å². The first-order chi connectivity index (χ1) is 10.8. The average molecular weight is 280 g/mol. The molecule has 3 aromatic rings. The first kappa shape index (κ1) is 13.6. The summed E-state index contributed by atoms with van der Waals surface area (Å²) in [5.74, 6) is 0. The summed E-state index contributed by atoms with van der Waals surface area (Å²) in [5, 5.41) is 0. The fourth-order valence-electron chi connectivity index (χ4n) is 2.51. The summed E-state index contributed by atoms with van der Waals surface area (Å²) in [6.45, 7) is 15.0. The lowest BCUT2D eigenvalue weighted by Crippen LogP contribution is -1.83. The maximum absolute atomic E-state index is 7.52. The predicted octanol–water partition coefficient (Wildman–Crippen LogP) is 6.12. The third kappa shape index (κ3) is 2.35. The molecule has 0 bridgehead atoms. The van der Waals surface area contributed by atoms with Gasteiger partial charge in [0.25, 0.3) is 0 Å². The van der Waals surface area contributed by atoms with Crippen molar-refractivity contribution < 1.29 is 0 Å². The highest BCUT2D eigenvalue weighted by molar-refractivity contribution is 5.96. The Morgan fingerprint density at radius 3 is 1.18 bits per heavy atom. The molecule has 3 rings (SSSR count). The first-order valence-electron chi connectivity index (χ1n) is 6.88. The van der Waals surface area contributed by atoms with Gasteiger partial charge in [-0.05, 0) is 22.3 Å². The lowest BCUT2D eigenvalue weighted by molar-refractivity contribution is 1.60. The summed E-state index contributed by atoms with van der Waals surface area (Å²) in [6, 6.07) is 23.3. The average Bonchev–Trinajstić information content (AvgIpc) is 2.61. The molecule has 0 saturated heterocycles. The molecule has 0 aromatic heterocycles. The van der Waals surface area contributed by atoms with Crippen molar-refractivity contribution in [3.63, 3.8) is 0 Å². The van der Waals surface area contributed by atoms with E-state index in [0.717, 1.165) is 22.3 Å². The molecule has 2 nitrogen and oxygen atoms in total. The molecule has 0 atom stereocenters. The van der Waals surface area contributed by atoms with E-state index >= 15 is 0 Å². The van der Waals surface area contributed by atoms with Crippen molar-refractivity contribution in [3.8, 4) is 22.3 Å². The van der Waals surface area contributed by atoms with Crippen molar-refractivity contribution in [2.45, 2.75) is 0 Å². The second kappa shape index (κ2) is 5.95. The molecule has 0 spiro atoms. The summed E-state index contributed by atoms with van der Waals surface area (Å²) in [5.41, 5.74) is 4.36. The molecule has 0 radical (unpaired) electrons. The van der Waals surface area contributed by atoms with E-state index in [4.69, 9.17) is 13.1 Å². The highest BCUT2D eigenvalue weighted by Crippen LogP contribution is 2.44. The smallest absolute Gasteiger partial charge is 0.202 e.